The van der Waals surface area contributed by atoms with Gasteiger partial charge in [0.2, 0.25) is 0 Å². The van der Waals surface area contributed by atoms with Gasteiger partial charge < -0.3 is 9.64 Å². The summed E-state index contributed by atoms with van der Waals surface area (Å²) >= 11 is 1.35. The van der Waals surface area contributed by atoms with Crippen molar-refractivity contribution in [3.05, 3.63) is 42.0 Å². The summed E-state index contributed by atoms with van der Waals surface area (Å²) in [6.07, 6.45) is 3.09. The Kier molecular flexibility index (Phi) is 4.58. The number of fused-ring (bicyclic) bond motifs is 1. The van der Waals surface area contributed by atoms with Crippen LogP contribution >= 0.6 is 11.3 Å². The van der Waals surface area contributed by atoms with Gasteiger partial charge in [-0.05, 0) is 25.1 Å². The Balaban J connectivity index is 1.39. The molecule has 0 aliphatic carbocycles. The van der Waals surface area contributed by atoms with E-state index in [-0.39, 0.29) is 17.8 Å². The van der Waals surface area contributed by atoms with Crippen LogP contribution in [0.1, 0.15) is 30.3 Å². The number of halogens is 1. The Morgan fingerprint density at radius 2 is 2.15 bits per heavy atom. The number of likely N-dealkylation sites (tertiary alicyclic amines) is 1. The fourth-order valence-electron chi connectivity index (χ4n) is 3.19. The Bertz CT molecular complexity index is 930. The van der Waals surface area contributed by atoms with E-state index in [2.05, 4.69) is 10.1 Å². The van der Waals surface area contributed by atoms with E-state index in [1.807, 2.05) is 17.9 Å². The Morgan fingerprint density at radius 1 is 1.35 bits per heavy atom. The number of aryl methyl sites for hydroxylation is 1. The zero-order valence-electron chi connectivity index (χ0n) is 14.4. The van der Waals surface area contributed by atoms with Crippen LogP contribution in [0.3, 0.4) is 0 Å². The van der Waals surface area contributed by atoms with Crippen molar-refractivity contribution in [3.63, 3.8) is 0 Å². The van der Waals surface area contributed by atoms with Gasteiger partial charge in [0.05, 0.1) is 4.70 Å². The van der Waals surface area contributed by atoms with Crippen LogP contribution in [-0.4, -0.2) is 44.8 Å². The van der Waals surface area contributed by atoms with E-state index < -0.39 is 0 Å². The molecule has 0 saturated carbocycles. The van der Waals surface area contributed by atoms with Gasteiger partial charge in [-0.2, -0.15) is 10.1 Å². The molecule has 0 atom stereocenters. The van der Waals surface area contributed by atoms with Gasteiger partial charge in [0.15, 0.2) is 0 Å². The smallest absolute Gasteiger partial charge is 0.274 e. The quantitative estimate of drug-likeness (QED) is 0.703. The second kappa shape index (κ2) is 7.03. The summed E-state index contributed by atoms with van der Waals surface area (Å²) in [6, 6.07) is 6.66. The van der Waals surface area contributed by atoms with E-state index >= 15 is 0 Å². The number of ether oxygens (including phenoxy) is 1. The first-order valence-corrected chi connectivity index (χ1v) is 9.50. The second-order valence-corrected chi connectivity index (χ2v) is 7.20. The predicted molar refractivity (Wildman–Crippen MR) is 97.0 cm³/mol. The highest BCUT2D eigenvalue weighted by atomic mass is 32.1. The zero-order valence-corrected chi connectivity index (χ0v) is 15.2. The van der Waals surface area contributed by atoms with Crippen LogP contribution in [0.25, 0.3) is 10.2 Å². The number of nitrogens with zero attached hydrogens (tertiary/aromatic N) is 4. The monoisotopic (exact) mass is 374 g/mol. The molecule has 0 radical (unpaired) electrons. The summed E-state index contributed by atoms with van der Waals surface area (Å²) in [4.78, 5) is 18.7. The molecule has 1 aliphatic rings. The fraction of sp³-hybridized carbons (Fsp3) is 0.389. The molecule has 2 aromatic heterocycles. The maximum Gasteiger partial charge on any atom is 0.274 e. The first-order chi connectivity index (χ1) is 12.7. The largest absolute Gasteiger partial charge is 0.467 e. The number of carbonyl (C=O) groups excluding carboxylic acids is 1. The van der Waals surface area contributed by atoms with Crippen LogP contribution in [-0.2, 0) is 6.54 Å². The standard InChI is InChI=1S/C18H19FN4O2S/c1-2-23-14(6-9-20-23)17(24)22-10-7-12(8-11-22)25-18-21-16-13(19)4-3-5-15(16)26-18/h3-6,9,12H,2,7-8,10-11H2,1H3. The van der Waals surface area contributed by atoms with Gasteiger partial charge in [0, 0.05) is 38.7 Å². The number of amides is 1. The van der Waals surface area contributed by atoms with Gasteiger partial charge in [-0.25, -0.2) is 4.39 Å². The van der Waals surface area contributed by atoms with E-state index in [1.54, 1.807) is 23.0 Å². The lowest BCUT2D eigenvalue weighted by molar-refractivity contribution is 0.0584. The van der Waals surface area contributed by atoms with Crippen molar-refractivity contribution in [2.24, 2.45) is 0 Å². The van der Waals surface area contributed by atoms with Crippen LogP contribution in [0.2, 0.25) is 0 Å². The molecule has 0 spiro atoms. The lowest BCUT2D eigenvalue weighted by Gasteiger charge is -2.31. The summed E-state index contributed by atoms with van der Waals surface area (Å²) in [6.45, 7) is 3.88. The fourth-order valence-corrected chi connectivity index (χ4v) is 4.09. The summed E-state index contributed by atoms with van der Waals surface area (Å²) in [5, 5.41) is 4.64. The number of carbonyl (C=O) groups is 1. The molecule has 0 bridgehead atoms. The molecular weight excluding hydrogens is 355 g/mol. The lowest BCUT2D eigenvalue weighted by Crippen LogP contribution is -2.42. The zero-order chi connectivity index (χ0) is 18.1. The molecule has 1 aliphatic heterocycles. The van der Waals surface area contributed by atoms with Crippen LogP contribution in [0.4, 0.5) is 4.39 Å². The third kappa shape index (κ3) is 3.16. The maximum atomic E-state index is 13.8. The highest BCUT2D eigenvalue weighted by Crippen LogP contribution is 2.31. The summed E-state index contributed by atoms with van der Waals surface area (Å²) in [7, 11) is 0. The number of aromatic nitrogens is 3. The average molecular weight is 374 g/mol. The number of thiazole rings is 1. The number of hydrogen-bond acceptors (Lipinski definition) is 5. The molecule has 0 unspecified atom stereocenters. The molecule has 3 heterocycles. The van der Waals surface area contributed by atoms with Crippen molar-refractivity contribution in [2.45, 2.75) is 32.4 Å². The molecule has 6 nitrogen and oxygen atoms in total. The maximum absolute atomic E-state index is 13.8. The molecule has 4 rings (SSSR count). The number of rotatable bonds is 4. The molecule has 8 heteroatoms. The number of piperidine rings is 1. The molecule has 1 fully saturated rings. The van der Waals surface area contributed by atoms with Crippen LogP contribution < -0.4 is 4.74 Å². The van der Waals surface area contributed by atoms with Crippen molar-refractivity contribution < 1.29 is 13.9 Å². The van der Waals surface area contributed by atoms with Gasteiger partial charge in [-0.1, -0.05) is 17.4 Å². The summed E-state index contributed by atoms with van der Waals surface area (Å²) in [5.74, 6) is -0.327. The van der Waals surface area contributed by atoms with Gasteiger partial charge >= 0.3 is 0 Å². The van der Waals surface area contributed by atoms with Crippen molar-refractivity contribution in [1.82, 2.24) is 19.7 Å². The minimum absolute atomic E-state index is 0.00450. The van der Waals surface area contributed by atoms with Crippen molar-refractivity contribution in [3.8, 4) is 5.19 Å². The summed E-state index contributed by atoms with van der Waals surface area (Å²) < 4.78 is 22.2. The number of hydrogen-bond donors (Lipinski definition) is 0. The molecule has 26 heavy (non-hydrogen) atoms. The minimum Gasteiger partial charge on any atom is -0.467 e. The third-order valence-electron chi connectivity index (χ3n) is 4.58. The SMILES string of the molecule is CCn1nccc1C(=O)N1CCC(Oc2nc3c(F)cccc3s2)CC1. The van der Waals surface area contributed by atoms with E-state index in [0.29, 0.717) is 36.0 Å². The van der Waals surface area contributed by atoms with E-state index in [1.165, 1.54) is 17.4 Å². The van der Waals surface area contributed by atoms with Crippen molar-refractivity contribution in [1.29, 1.82) is 0 Å². The Morgan fingerprint density at radius 3 is 2.88 bits per heavy atom. The van der Waals surface area contributed by atoms with Crippen molar-refractivity contribution >= 4 is 27.5 Å². The normalized spacial score (nSPS) is 15.5. The Labute approximate surface area is 154 Å². The molecule has 0 N–H and O–H groups in total. The first-order valence-electron chi connectivity index (χ1n) is 8.68. The topological polar surface area (TPSA) is 60.2 Å². The molecular formula is C18H19FN4O2S. The lowest BCUT2D eigenvalue weighted by atomic mass is 10.1. The average Bonchev–Trinajstić information content (AvgIpc) is 3.29. The minimum atomic E-state index is -0.332. The van der Waals surface area contributed by atoms with Crippen molar-refractivity contribution in [2.75, 3.05) is 13.1 Å². The van der Waals surface area contributed by atoms with Crippen LogP contribution in [0.5, 0.6) is 5.19 Å². The van der Waals surface area contributed by atoms with Gasteiger partial charge in [-0.3, -0.25) is 9.48 Å². The molecule has 1 amide bonds. The highest BCUT2D eigenvalue weighted by molar-refractivity contribution is 7.20. The molecule has 1 aromatic carbocycles. The van der Waals surface area contributed by atoms with Gasteiger partial charge in [-0.15, -0.1) is 0 Å². The highest BCUT2D eigenvalue weighted by Gasteiger charge is 2.27. The molecule has 1 saturated heterocycles. The van der Waals surface area contributed by atoms with E-state index in [0.717, 1.165) is 17.5 Å². The third-order valence-corrected chi connectivity index (χ3v) is 5.49. The number of benzene rings is 1. The van der Waals surface area contributed by atoms with Crippen LogP contribution in [0.15, 0.2) is 30.5 Å². The Hall–Kier alpha value is -2.48. The molecule has 136 valence electrons. The molecule has 3 aromatic rings. The van der Waals surface area contributed by atoms with Gasteiger partial charge in [0.1, 0.15) is 23.1 Å². The first kappa shape index (κ1) is 17.0. The second-order valence-electron chi connectivity index (χ2n) is 6.21. The number of para-hydroxylation sites is 1. The van der Waals surface area contributed by atoms with Crippen LogP contribution in [0, 0.1) is 5.82 Å². The summed E-state index contributed by atoms with van der Waals surface area (Å²) in [5.41, 5.74) is 0.974. The van der Waals surface area contributed by atoms with Gasteiger partial charge in [0.25, 0.3) is 11.1 Å². The van der Waals surface area contributed by atoms with E-state index in [9.17, 15) is 9.18 Å². The predicted octanol–water partition coefficient (Wildman–Crippen LogP) is 3.34. The van der Waals surface area contributed by atoms with E-state index in [4.69, 9.17) is 4.74 Å².